The van der Waals surface area contributed by atoms with E-state index in [9.17, 15) is 4.79 Å². The van der Waals surface area contributed by atoms with Gasteiger partial charge < -0.3 is 15.0 Å². The molecule has 2 aromatic carbocycles. The number of amides is 1. The number of hydrogen-bond acceptors (Lipinski definition) is 4. The highest BCUT2D eigenvalue weighted by molar-refractivity contribution is 5.99. The molecule has 0 aliphatic rings. The number of aromatic amines is 2. The van der Waals surface area contributed by atoms with Gasteiger partial charge in [-0.15, -0.1) is 0 Å². The van der Waals surface area contributed by atoms with E-state index in [1.165, 1.54) is 0 Å². The number of rotatable bonds is 6. The van der Waals surface area contributed by atoms with Crippen molar-refractivity contribution in [3.05, 3.63) is 83.9 Å². The fraction of sp³-hybridized carbons (Fsp3) is 0.0800. The van der Waals surface area contributed by atoms with Crippen LogP contribution in [0, 0.1) is 0 Å². The first-order valence-corrected chi connectivity index (χ1v) is 10.2. The number of pyridine rings is 1. The van der Waals surface area contributed by atoms with Crippen molar-refractivity contribution in [2.24, 2.45) is 0 Å². The molecule has 0 aliphatic carbocycles. The third-order valence-electron chi connectivity index (χ3n) is 5.32. The topological polar surface area (TPSA) is 95.7 Å². The first-order valence-electron chi connectivity index (χ1n) is 10.2. The second kappa shape index (κ2) is 8.39. The van der Waals surface area contributed by atoms with E-state index in [1.807, 2.05) is 66.9 Å². The summed E-state index contributed by atoms with van der Waals surface area (Å²) in [4.78, 5) is 20.1. The Morgan fingerprint density at radius 3 is 2.84 bits per heavy atom. The summed E-state index contributed by atoms with van der Waals surface area (Å²) in [5.74, 6) is 0.667. The molecule has 32 heavy (non-hydrogen) atoms. The van der Waals surface area contributed by atoms with Gasteiger partial charge in [-0.2, -0.15) is 5.10 Å². The molecule has 158 valence electrons. The van der Waals surface area contributed by atoms with Crippen molar-refractivity contribution >= 4 is 45.6 Å². The highest BCUT2D eigenvalue weighted by Gasteiger charge is 2.11. The number of anilines is 1. The second-order valence-electron chi connectivity index (χ2n) is 7.44. The Labute approximate surface area is 184 Å². The van der Waals surface area contributed by atoms with Crippen molar-refractivity contribution in [1.82, 2.24) is 20.2 Å². The molecule has 0 spiro atoms. The number of aromatic nitrogens is 4. The lowest BCUT2D eigenvalue weighted by molar-refractivity contribution is -0.115. The quantitative estimate of drug-likeness (QED) is 0.366. The van der Waals surface area contributed by atoms with Gasteiger partial charge in [0.25, 0.3) is 0 Å². The van der Waals surface area contributed by atoms with E-state index < -0.39 is 0 Å². The molecule has 3 N–H and O–H groups in total. The summed E-state index contributed by atoms with van der Waals surface area (Å²) in [5.41, 5.74) is 5.29. The number of methoxy groups -OCH3 is 1. The van der Waals surface area contributed by atoms with Crippen LogP contribution in [0.1, 0.15) is 16.8 Å². The predicted molar refractivity (Wildman–Crippen MR) is 126 cm³/mol. The number of carbonyl (C=O) groups is 1. The van der Waals surface area contributed by atoms with Gasteiger partial charge in [0.2, 0.25) is 5.91 Å². The third-order valence-corrected chi connectivity index (χ3v) is 5.32. The minimum atomic E-state index is -0.0935. The van der Waals surface area contributed by atoms with Crippen molar-refractivity contribution in [2.45, 2.75) is 6.42 Å². The Balaban J connectivity index is 1.35. The van der Waals surface area contributed by atoms with Crippen LogP contribution in [0.3, 0.4) is 0 Å². The van der Waals surface area contributed by atoms with E-state index in [0.717, 1.165) is 50.1 Å². The molecule has 3 heterocycles. The second-order valence-corrected chi connectivity index (χ2v) is 7.44. The molecule has 0 bridgehead atoms. The van der Waals surface area contributed by atoms with E-state index in [4.69, 9.17) is 4.74 Å². The third kappa shape index (κ3) is 3.96. The number of H-pyrrole nitrogens is 2. The van der Waals surface area contributed by atoms with E-state index >= 15 is 0 Å². The molecular formula is C25H21N5O2. The summed E-state index contributed by atoms with van der Waals surface area (Å²) in [6.45, 7) is 0. The van der Waals surface area contributed by atoms with E-state index in [1.54, 1.807) is 19.5 Å². The molecule has 0 atom stereocenters. The van der Waals surface area contributed by atoms with Crippen molar-refractivity contribution in [2.75, 3.05) is 12.4 Å². The van der Waals surface area contributed by atoms with Gasteiger partial charge in [0.05, 0.1) is 24.7 Å². The number of carbonyl (C=O) groups excluding carboxylic acids is 1. The SMILES string of the molecule is COc1ccc2[nH]cc(CC(=O)Nc3ccc4[nH]nc(C=Cc5cccnc5)c4c3)c2c1. The van der Waals surface area contributed by atoms with Crippen LogP contribution in [-0.2, 0) is 11.2 Å². The maximum atomic E-state index is 12.7. The molecule has 0 fully saturated rings. The molecular weight excluding hydrogens is 402 g/mol. The first-order chi connectivity index (χ1) is 15.7. The van der Waals surface area contributed by atoms with Gasteiger partial charge >= 0.3 is 0 Å². The summed E-state index contributed by atoms with van der Waals surface area (Å²) in [6, 6.07) is 15.3. The molecule has 0 saturated heterocycles. The molecule has 5 aromatic rings. The van der Waals surface area contributed by atoms with Crippen LogP contribution in [0.4, 0.5) is 5.69 Å². The molecule has 0 saturated carbocycles. The number of nitrogens with one attached hydrogen (secondary N) is 3. The Kier molecular flexibility index (Phi) is 5.13. The largest absolute Gasteiger partial charge is 0.497 e. The molecule has 0 unspecified atom stereocenters. The Hall–Kier alpha value is -4.39. The van der Waals surface area contributed by atoms with Gasteiger partial charge in [0.1, 0.15) is 5.75 Å². The fourth-order valence-corrected chi connectivity index (χ4v) is 3.70. The van der Waals surface area contributed by atoms with Gasteiger partial charge in [-0.05, 0) is 59.7 Å². The number of hydrogen-bond donors (Lipinski definition) is 3. The predicted octanol–water partition coefficient (Wildman–Crippen LogP) is 4.80. The summed E-state index contributed by atoms with van der Waals surface area (Å²) in [7, 11) is 1.63. The first kappa shape index (κ1) is 19.6. The highest BCUT2D eigenvalue weighted by atomic mass is 16.5. The van der Waals surface area contributed by atoms with Gasteiger partial charge in [-0.3, -0.25) is 14.9 Å². The monoisotopic (exact) mass is 423 g/mol. The van der Waals surface area contributed by atoms with Gasteiger partial charge in [-0.1, -0.05) is 12.1 Å². The molecule has 0 radical (unpaired) electrons. The van der Waals surface area contributed by atoms with Crippen molar-refractivity contribution < 1.29 is 9.53 Å². The Morgan fingerprint density at radius 2 is 2.00 bits per heavy atom. The minimum Gasteiger partial charge on any atom is -0.497 e. The maximum Gasteiger partial charge on any atom is 0.228 e. The van der Waals surface area contributed by atoms with Gasteiger partial charge in [-0.25, -0.2) is 0 Å². The molecule has 7 heteroatoms. The van der Waals surface area contributed by atoms with Crippen LogP contribution < -0.4 is 10.1 Å². The van der Waals surface area contributed by atoms with Crippen LogP contribution in [0.15, 0.2) is 67.1 Å². The number of fused-ring (bicyclic) bond motifs is 2. The zero-order chi connectivity index (χ0) is 21.9. The minimum absolute atomic E-state index is 0.0935. The number of benzene rings is 2. The zero-order valence-corrected chi connectivity index (χ0v) is 17.4. The summed E-state index contributed by atoms with van der Waals surface area (Å²) in [6.07, 6.45) is 9.54. The number of nitrogens with zero attached hydrogens (tertiary/aromatic N) is 2. The number of ether oxygens (including phenoxy) is 1. The van der Waals surface area contributed by atoms with Crippen molar-refractivity contribution in [3.8, 4) is 5.75 Å². The smallest absolute Gasteiger partial charge is 0.228 e. The lowest BCUT2D eigenvalue weighted by Crippen LogP contribution is -2.14. The molecule has 3 aromatic heterocycles. The van der Waals surface area contributed by atoms with Crippen LogP contribution in [-0.4, -0.2) is 33.2 Å². The van der Waals surface area contributed by atoms with Crippen LogP contribution >= 0.6 is 0 Å². The lowest BCUT2D eigenvalue weighted by atomic mass is 10.1. The maximum absolute atomic E-state index is 12.7. The molecule has 1 amide bonds. The highest BCUT2D eigenvalue weighted by Crippen LogP contribution is 2.25. The zero-order valence-electron chi connectivity index (χ0n) is 17.4. The summed E-state index contributed by atoms with van der Waals surface area (Å²) < 4.78 is 5.31. The lowest BCUT2D eigenvalue weighted by Gasteiger charge is -2.06. The fourth-order valence-electron chi connectivity index (χ4n) is 3.70. The average molecular weight is 423 g/mol. The van der Waals surface area contributed by atoms with Crippen molar-refractivity contribution in [1.29, 1.82) is 0 Å². The normalized spacial score (nSPS) is 11.4. The van der Waals surface area contributed by atoms with E-state index in [-0.39, 0.29) is 12.3 Å². The van der Waals surface area contributed by atoms with Gasteiger partial charge in [0, 0.05) is 40.6 Å². The van der Waals surface area contributed by atoms with Crippen LogP contribution in [0.2, 0.25) is 0 Å². The standard InChI is InChI=1S/C25H21N5O2/c1-32-19-6-9-22-20(13-19)17(15-27-22)11-25(31)28-18-5-8-24-21(12-18)23(29-30-24)7-4-16-3-2-10-26-14-16/h2-10,12-15,27H,11H2,1H3,(H,28,31)(H,29,30). The summed E-state index contributed by atoms with van der Waals surface area (Å²) >= 11 is 0. The van der Waals surface area contributed by atoms with Crippen LogP contribution in [0.5, 0.6) is 5.75 Å². The Morgan fingerprint density at radius 1 is 1.09 bits per heavy atom. The average Bonchev–Trinajstić information content (AvgIpc) is 3.41. The summed E-state index contributed by atoms with van der Waals surface area (Å²) in [5, 5.41) is 12.3. The van der Waals surface area contributed by atoms with Gasteiger partial charge in [0.15, 0.2) is 0 Å². The molecule has 5 rings (SSSR count). The van der Waals surface area contributed by atoms with E-state index in [0.29, 0.717) is 0 Å². The van der Waals surface area contributed by atoms with Crippen molar-refractivity contribution in [3.63, 3.8) is 0 Å². The molecule has 0 aliphatic heterocycles. The Bertz CT molecular complexity index is 1430. The van der Waals surface area contributed by atoms with Crippen LogP contribution in [0.25, 0.3) is 34.0 Å². The van der Waals surface area contributed by atoms with E-state index in [2.05, 4.69) is 25.5 Å². The molecule has 7 nitrogen and oxygen atoms in total.